The number of hydrogen-bond donors (Lipinski definition) is 2. The molecule has 0 aliphatic heterocycles. The Morgan fingerprint density at radius 1 is 1.32 bits per heavy atom. The van der Waals surface area contributed by atoms with E-state index in [0.29, 0.717) is 23.5 Å². The Morgan fingerprint density at radius 2 is 2.23 bits per heavy atom. The highest BCUT2D eigenvalue weighted by molar-refractivity contribution is 9.10. The first kappa shape index (κ1) is 13.5. The number of pyridine rings is 1. The third kappa shape index (κ3) is 2.30. The maximum Gasteiger partial charge on any atom is 0.226 e. The van der Waals surface area contributed by atoms with E-state index in [9.17, 15) is 0 Å². The van der Waals surface area contributed by atoms with Gasteiger partial charge in [0.25, 0.3) is 0 Å². The average molecular weight is 379 g/mol. The zero-order chi connectivity index (χ0) is 15.1. The molecule has 0 aromatic carbocycles. The molecule has 0 bridgehead atoms. The van der Waals surface area contributed by atoms with Gasteiger partial charge in [0.15, 0.2) is 17.1 Å². The average Bonchev–Trinajstić information content (AvgIpc) is 3.11. The Hall–Kier alpha value is -2.19. The van der Waals surface area contributed by atoms with Gasteiger partial charge < -0.3 is 14.7 Å². The van der Waals surface area contributed by atoms with Crippen LogP contribution in [0.15, 0.2) is 35.3 Å². The van der Waals surface area contributed by atoms with E-state index in [0.717, 1.165) is 15.8 Å². The fraction of sp³-hybridized carbons (Fsp3) is 0.0769. The van der Waals surface area contributed by atoms with Crippen LogP contribution in [-0.2, 0) is 6.54 Å². The quantitative estimate of drug-likeness (QED) is 0.535. The van der Waals surface area contributed by atoms with Crippen LogP contribution < -0.4 is 5.32 Å². The van der Waals surface area contributed by atoms with Crippen LogP contribution in [0.2, 0.25) is 5.28 Å². The standard InChI is InChI=1S/C13H9BrClN7/c14-8-2-1-3-22-5-7(19-12(8)22)4-16-10-9-11(18-6-17-9)21-13(15)20-10/h1-3,5-6H,4H2,(H2,16,17,18,20,21). The number of aromatic amines is 1. The number of aromatic nitrogens is 6. The summed E-state index contributed by atoms with van der Waals surface area (Å²) in [6, 6.07) is 3.91. The summed E-state index contributed by atoms with van der Waals surface area (Å²) in [5, 5.41) is 3.37. The van der Waals surface area contributed by atoms with Gasteiger partial charge in [-0.15, -0.1) is 0 Å². The molecule has 9 heteroatoms. The summed E-state index contributed by atoms with van der Waals surface area (Å²) in [6.07, 6.45) is 5.47. The Balaban J connectivity index is 1.65. The first-order valence-corrected chi connectivity index (χ1v) is 7.60. The van der Waals surface area contributed by atoms with Gasteiger partial charge in [-0.2, -0.15) is 9.97 Å². The van der Waals surface area contributed by atoms with E-state index in [1.165, 1.54) is 0 Å². The van der Waals surface area contributed by atoms with Crippen molar-refractivity contribution in [3.8, 4) is 0 Å². The first-order valence-electron chi connectivity index (χ1n) is 6.43. The van der Waals surface area contributed by atoms with Gasteiger partial charge >= 0.3 is 0 Å². The number of halogens is 2. The highest BCUT2D eigenvalue weighted by atomic mass is 79.9. The van der Waals surface area contributed by atoms with Gasteiger partial charge in [0, 0.05) is 12.4 Å². The SMILES string of the molecule is Clc1nc(NCc2cn3cccc(Br)c3n2)c2[nH]cnc2n1. The summed E-state index contributed by atoms with van der Waals surface area (Å²) in [5.41, 5.74) is 3.00. The van der Waals surface area contributed by atoms with Crippen LogP contribution in [-0.4, -0.2) is 29.3 Å². The van der Waals surface area contributed by atoms with Gasteiger partial charge in [-0.25, -0.2) is 9.97 Å². The molecule has 0 saturated carbocycles. The molecule has 0 amide bonds. The lowest BCUT2D eigenvalue weighted by atomic mass is 10.4. The minimum Gasteiger partial charge on any atom is -0.362 e. The third-order valence-corrected chi connectivity index (χ3v) is 3.97. The molecule has 0 atom stereocenters. The number of imidazole rings is 2. The smallest absolute Gasteiger partial charge is 0.226 e. The maximum atomic E-state index is 5.91. The molecular weight excluding hydrogens is 370 g/mol. The summed E-state index contributed by atoms with van der Waals surface area (Å²) in [7, 11) is 0. The molecule has 4 heterocycles. The molecule has 0 saturated heterocycles. The molecule has 22 heavy (non-hydrogen) atoms. The second-order valence-electron chi connectivity index (χ2n) is 4.62. The zero-order valence-electron chi connectivity index (χ0n) is 11.1. The van der Waals surface area contributed by atoms with E-state index in [1.54, 1.807) is 6.33 Å². The molecule has 0 spiro atoms. The predicted molar refractivity (Wildman–Crippen MR) is 86.9 cm³/mol. The fourth-order valence-electron chi connectivity index (χ4n) is 2.22. The summed E-state index contributed by atoms with van der Waals surface area (Å²) in [5.74, 6) is 0.601. The summed E-state index contributed by atoms with van der Waals surface area (Å²) >= 11 is 9.39. The molecule has 110 valence electrons. The van der Waals surface area contributed by atoms with E-state index >= 15 is 0 Å². The molecule has 4 aromatic rings. The molecule has 2 N–H and O–H groups in total. The van der Waals surface area contributed by atoms with Crippen molar-refractivity contribution in [3.05, 3.63) is 46.3 Å². The van der Waals surface area contributed by atoms with Gasteiger partial charge in [0.05, 0.1) is 23.0 Å². The lowest BCUT2D eigenvalue weighted by molar-refractivity contribution is 1.05. The number of nitrogens with one attached hydrogen (secondary N) is 2. The van der Waals surface area contributed by atoms with Crippen molar-refractivity contribution in [3.63, 3.8) is 0 Å². The molecular formula is C13H9BrClN7. The second kappa shape index (κ2) is 5.22. The van der Waals surface area contributed by atoms with Gasteiger partial charge in [0.1, 0.15) is 5.52 Å². The second-order valence-corrected chi connectivity index (χ2v) is 5.81. The fourth-order valence-corrected chi connectivity index (χ4v) is 2.83. The van der Waals surface area contributed by atoms with Crippen LogP contribution in [0.1, 0.15) is 5.69 Å². The van der Waals surface area contributed by atoms with Crippen LogP contribution >= 0.6 is 27.5 Å². The number of H-pyrrole nitrogens is 1. The zero-order valence-corrected chi connectivity index (χ0v) is 13.4. The first-order chi connectivity index (χ1) is 10.7. The predicted octanol–water partition coefficient (Wildman–Crippen LogP) is 3.03. The molecule has 0 radical (unpaired) electrons. The van der Waals surface area contributed by atoms with Gasteiger partial charge in [-0.1, -0.05) is 0 Å². The topological polar surface area (TPSA) is 83.8 Å². The van der Waals surface area contributed by atoms with Crippen molar-refractivity contribution in [2.24, 2.45) is 0 Å². The number of rotatable bonds is 3. The third-order valence-electron chi connectivity index (χ3n) is 3.18. The van der Waals surface area contributed by atoms with Gasteiger partial charge in [-0.05, 0) is 39.7 Å². The lowest BCUT2D eigenvalue weighted by Crippen LogP contribution is -2.03. The molecule has 4 rings (SSSR count). The number of hydrogen-bond acceptors (Lipinski definition) is 5. The van der Waals surface area contributed by atoms with Crippen LogP contribution in [0.5, 0.6) is 0 Å². The highest BCUT2D eigenvalue weighted by Crippen LogP contribution is 2.20. The van der Waals surface area contributed by atoms with Crippen molar-refractivity contribution in [2.75, 3.05) is 5.32 Å². The van der Waals surface area contributed by atoms with Crippen molar-refractivity contribution in [1.82, 2.24) is 29.3 Å². The van der Waals surface area contributed by atoms with E-state index in [-0.39, 0.29) is 5.28 Å². The van der Waals surface area contributed by atoms with Crippen LogP contribution in [0.3, 0.4) is 0 Å². The molecule has 4 aromatic heterocycles. The van der Waals surface area contributed by atoms with E-state index < -0.39 is 0 Å². The molecule has 0 fully saturated rings. The van der Waals surface area contributed by atoms with Crippen LogP contribution in [0, 0.1) is 0 Å². The van der Waals surface area contributed by atoms with Crippen LogP contribution in [0.4, 0.5) is 5.82 Å². The largest absolute Gasteiger partial charge is 0.362 e. The van der Waals surface area contributed by atoms with Gasteiger partial charge in [-0.3, -0.25) is 0 Å². The Labute approximate surface area is 137 Å². The van der Waals surface area contributed by atoms with E-state index in [1.807, 2.05) is 28.9 Å². The number of anilines is 1. The normalized spacial score (nSPS) is 11.4. The number of nitrogens with zero attached hydrogens (tertiary/aromatic N) is 5. The monoisotopic (exact) mass is 377 g/mol. The van der Waals surface area contributed by atoms with Crippen molar-refractivity contribution < 1.29 is 0 Å². The molecule has 0 aliphatic carbocycles. The number of fused-ring (bicyclic) bond motifs is 2. The highest BCUT2D eigenvalue weighted by Gasteiger charge is 2.10. The summed E-state index contributed by atoms with van der Waals surface area (Å²) in [4.78, 5) is 19.9. The maximum absolute atomic E-state index is 5.91. The minimum absolute atomic E-state index is 0.153. The van der Waals surface area contributed by atoms with Crippen molar-refractivity contribution in [2.45, 2.75) is 6.54 Å². The van der Waals surface area contributed by atoms with Crippen molar-refractivity contribution >= 4 is 50.2 Å². The molecule has 7 nitrogen and oxygen atoms in total. The van der Waals surface area contributed by atoms with E-state index in [2.05, 4.69) is 46.2 Å². The Kier molecular flexibility index (Phi) is 3.20. The lowest BCUT2D eigenvalue weighted by Gasteiger charge is -2.04. The molecule has 0 aliphatic rings. The summed E-state index contributed by atoms with van der Waals surface area (Å²) in [6.45, 7) is 0.510. The summed E-state index contributed by atoms with van der Waals surface area (Å²) < 4.78 is 2.90. The van der Waals surface area contributed by atoms with Crippen molar-refractivity contribution in [1.29, 1.82) is 0 Å². The van der Waals surface area contributed by atoms with Gasteiger partial charge in [0.2, 0.25) is 5.28 Å². The van der Waals surface area contributed by atoms with Crippen LogP contribution in [0.25, 0.3) is 16.8 Å². The Morgan fingerprint density at radius 3 is 3.09 bits per heavy atom. The Bertz CT molecular complexity index is 977. The minimum atomic E-state index is 0.153. The van der Waals surface area contributed by atoms with E-state index in [4.69, 9.17) is 11.6 Å². The molecule has 0 unspecified atom stereocenters.